The first-order valence-electron chi connectivity index (χ1n) is 6.25. The first kappa shape index (κ1) is 17.2. The van der Waals surface area contributed by atoms with E-state index in [4.69, 9.17) is 21.4 Å². The van der Waals surface area contributed by atoms with Crippen LogP contribution >= 0.6 is 11.6 Å². The quantitative estimate of drug-likeness (QED) is 0.891. The van der Waals surface area contributed by atoms with Crippen molar-refractivity contribution in [3.8, 4) is 0 Å². The van der Waals surface area contributed by atoms with Crippen molar-refractivity contribution in [2.75, 3.05) is 0 Å². The molecule has 1 rings (SSSR count). The number of benzene rings is 1. The number of nitrogens with one attached hydrogen (secondary N) is 1. The molecule has 1 amide bonds. The highest BCUT2D eigenvalue weighted by Gasteiger charge is 2.23. The molecular weight excluding hydrogens is 301 g/mol. The Kier molecular flexibility index (Phi) is 5.54. The van der Waals surface area contributed by atoms with E-state index in [1.807, 2.05) is 0 Å². The summed E-state index contributed by atoms with van der Waals surface area (Å²) in [5.74, 6) is -1.82. The molecular formula is C14H17ClFNO4. The van der Waals surface area contributed by atoms with Gasteiger partial charge in [0.1, 0.15) is 11.4 Å². The molecule has 2 N–H and O–H groups in total. The highest BCUT2D eigenvalue weighted by atomic mass is 35.5. The van der Waals surface area contributed by atoms with Crippen molar-refractivity contribution in [2.45, 2.75) is 38.8 Å². The van der Waals surface area contributed by atoms with Gasteiger partial charge in [-0.2, -0.15) is 0 Å². The van der Waals surface area contributed by atoms with Crippen LogP contribution in [0.3, 0.4) is 0 Å². The van der Waals surface area contributed by atoms with Gasteiger partial charge >= 0.3 is 12.1 Å². The molecule has 1 atom stereocenters. The van der Waals surface area contributed by atoms with Gasteiger partial charge in [-0.1, -0.05) is 17.7 Å². The first-order chi connectivity index (χ1) is 9.58. The summed E-state index contributed by atoms with van der Waals surface area (Å²) in [6, 6.07) is 2.94. The van der Waals surface area contributed by atoms with Gasteiger partial charge in [-0.05, 0) is 38.5 Å². The molecule has 0 aliphatic carbocycles. The van der Waals surface area contributed by atoms with E-state index in [1.165, 1.54) is 12.1 Å². The van der Waals surface area contributed by atoms with Crippen LogP contribution in [0.2, 0.25) is 5.02 Å². The molecule has 0 saturated carbocycles. The highest BCUT2D eigenvalue weighted by molar-refractivity contribution is 6.30. The average Bonchev–Trinajstić information content (AvgIpc) is 2.28. The third kappa shape index (κ3) is 5.99. The molecule has 7 heteroatoms. The van der Waals surface area contributed by atoms with Crippen LogP contribution in [0.15, 0.2) is 18.2 Å². The normalized spacial score (nSPS) is 12.6. The number of ether oxygens (including phenoxy) is 1. The van der Waals surface area contributed by atoms with Crippen LogP contribution in [0.5, 0.6) is 0 Å². The monoisotopic (exact) mass is 317 g/mol. The van der Waals surface area contributed by atoms with Crippen LogP contribution in [0.1, 0.15) is 38.8 Å². The number of carboxylic acids is 1. The second-order valence-electron chi connectivity index (χ2n) is 5.47. The topological polar surface area (TPSA) is 75.6 Å². The van der Waals surface area contributed by atoms with Crippen molar-refractivity contribution in [1.29, 1.82) is 0 Å². The van der Waals surface area contributed by atoms with Gasteiger partial charge in [-0.15, -0.1) is 0 Å². The van der Waals surface area contributed by atoms with Gasteiger partial charge in [0.15, 0.2) is 0 Å². The molecule has 0 aromatic heterocycles. The molecule has 0 saturated heterocycles. The van der Waals surface area contributed by atoms with E-state index in [1.54, 1.807) is 20.8 Å². The van der Waals surface area contributed by atoms with E-state index in [0.717, 1.165) is 6.07 Å². The molecule has 1 aromatic carbocycles. The van der Waals surface area contributed by atoms with E-state index in [0.29, 0.717) is 5.56 Å². The average molecular weight is 318 g/mol. The summed E-state index contributed by atoms with van der Waals surface area (Å²) in [7, 11) is 0. The van der Waals surface area contributed by atoms with Crippen molar-refractivity contribution < 1.29 is 23.8 Å². The molecule has 0 fully saturated rings. The van der Waals surface area contributed by atoms with E-state index in [2.05, 4.69) is 5.32 Å². The van der Waals surface area contributed by atoms with E-state index < -0.39 is 35.9 Å². The summed E-state index contributed by atoms with van der Waals surface area (Å²) >= 11 is 5.58. The summed E-state index contributed by atoms with van der Waals surface area (Å²) < 4.78 is 18.5. The Bertz CT molecular complexity index is 542. The number of carboxylic acid groups (broad SMARTS) is 1. The maximum absolute atomic E-state index is 13.5. The molecule has 0 aliphatic heterocycles. The van der Waals surface area contributed by atoms with Gasteiger partial charge < -0.3 is 15.2 Å². The Morgan fingerprint density at radius 1 is 1.43 bits per heavy atom. The molecule has 0 heterocycles. The van der Waals surface area contributed by atoms with Crippen molar-refractivity contribution in [2.24, 2.45) is 0 Å². The predicted molar refractivity (Wildman–Crippen MR) is 75.8 cm³/mol. The molecule has 21 heavy (non-hydrogen) atoms. The summed E-state index contributed by atoms with van der Waals surface area (Å²) in [6.45, 7) is 5.04. The van der Waals surface area contributed by atoms with Crippen LogP contribution in [0.4, 0.5) is 9.18 Å². The first-order valence-corrected chi connectivity index (χ1v) is 6.62. The van der Waals surface area contributed by atoms with Crippen LogP contribution in [-0.2, 0) is 9.53 Å². The zero-order chi connectivity index (χ0) is 16.2. The summed E-state index contributed by atoms with van der Waals surface area (Å²) in [6.07, 6.45) is -1.18. The second kappa shape index (κ2) is 6.76. The molecule has 1 aromatic rings. The Balaban J connectivity index is 2.92. The number of hydrogen-bond acceptors (Lipinski definition) is 3. The fourth-order valence-corrected chi connectivity index (χ4v) is 1.72. The van der Waals surface area contributed by atoms with Gasteiger partial charge in [0.2, 0.25) is 0 Å². The second-order valence-corrected chi connectivity index (χ2v) is 5.88. The van der Waals surface area contributed by atoms with Gasteiger partial charge in [0.05, 0.1) is 17.5 Å². The van der Waals surface area contributed by atoms with Crippen molar-refractivity contribution in [3.05, 3.63) is 34.6 Å². The number of carbonyl (C=O) groups excluding carboxylic acids is 1. The van der Waals surface area contributed by atoms with Crippen LogP contribution in [0.25, 0.3) is 0 Å². The zero-order valence-electron chi connectivity index (χ0n) is 11.9. The number of aliphatic carboxylic acids is 1. The van der Waals surface area contributed by atoms with E-state index >= 15 is 0 Å². The number of alkyl carbamates (subject to hydrolysis) is 1. The number of amides is 1. The molecule has 0 aliphatic rings. The molecule has 0 spiro atoms. The SMILES string of the molecule is CC(C)(C)OC(=O)N[C@H](CC(=O)O)c1ccc(Cl)c(F)c1. The Morgan fingerprint density at radius 2 is 2.05 bits per heavy atom. The van der Waals surface area contributed by atoms with Crippen molar-refractivity contribution in [1.82, 2.24) is 5.32 Å². The molecule has 0 unspecified atom stereocenters. The van der Waals surface area contributed by atoms with E-state index in [-0.39, 0.29) is 5.02 Å². The van der Waals surface area contributed by atoms with Gasteiger partial charge in [0.25, 0.3) is 0 Å². The molecule has 0 bridgehead atoms. The van der Waals surface area contributed by atoms with Crippen molar-refractivity contribution in [3.63, 3.8) is 0 Å². The number of rotatable bonds is 4. The largest absolute Gasteiger partial charge is 0.481 e. The lowest BCUT2D eigenvalue weighted by Gasteiger charge is -2.23. The Labute approximate surface area is 127 Å². The Morgan fingerprint density at radius 3 is 2.52 bits per heavy atom. The van der Waals surface area contributed by atoms with Crippen LogP contribution in [-0.4, -0.2) is 22.8 Å². The lowest BCUT2D eigenvalue weighted by Crippen LogP contribution is -2.35. The van der Waals surface area contributed by atoms with Crippen LogP contribution in [0, 0.1) is 5.82 Å². The maximum Gasteiger partial charge on any atom is 0.408 e. The van der Waals surface area contributed by atoms with Crippen LogP contribution < -0.4 is 5.32 Å². The van der Waals surface area contributed by atoms with Gasteiger partial charge in [-0.3, -0.25) is 4.79 Å². The van der Waals surface area contributed by atoms with E-state index in [9.17, 15) is 14.0 Å². The lowest BCUT2D eigenvalue weighted by atomic mass is 10.0. The summed E-state index contributed by atoms with van der Waals surface area (Å²) in [5, 5.41) is 11.2. The smallest absolute Gasteiger partial charge is 0.408 e. The number of carbonyl (C=O) groups is 2. The third-order valence-corrected chi connectivity index (χ3v) is 2.72. The summed E-state index contributed by atoms with van der Waals surface area (Å²) in [5.41, 5.74) is -0.423. The minimum absolute atomic E-state index is 0.0786. The molecule has 5 nitrogen and oxygen atoms in total. The zero-order valence-corrected chi connectivity index (χ0v) is 12.7. The molecule has 0 radical (unpaired) electrons. The number of hydrogen-bond donors (Lipinski definition) is 2. The fourth-order valence-electron chi connectivity index (χ4n) is 1.61. The highest BCUT2D eigenvalue weighted by Crippen LogP contribution is 2.23. The standard InChI is InChI=1S/C14H17ClFNO4/c1-14(2,3)21-13(20)17-11(7-12(18)19)8-4-5-9(15)10(16)6-8/h4-6,11H,7H2,1-3H3,(H,17,20)(H,18,19)/t11-/m1/s1. The third-order valence-electron chi connectivity index (χ3n) is 2.42. The minimum atomic E-state index is -1.13. The van der Waals surface area contributed by atoms with Gasteiger partial charge in [0, 0.05) is 0 Å². The van der Waals surface area contributed by atoms with Gasteiger partial charge in [-0.25, -0.2) is 9.18 Å². The summed E-state index contributed by atoms with van der Waals surface area (Å²) in [4.78, 5) is 22.6. The fraction of sp³-hybridized carbons (Fsp3) is 0.429. The minimum Gasteiger partial charge on any atom is -0.481 e. The molecule has 116 valence electrons. The lowest BCUT2D eigenvalue weighted by molar-refractivity contribution is -0.137. The van der Waals surface area contributed by atoms with Crippen molar-refractivity contribution >= 4 is 23.7 Å². The maximum atomic E-state index is 13.5. The Hall–Kier alpha value is -1.82. The predicted octanol–water partition coefficient (Wildman–Crippen LogP) is 3.52. The number of halogens is 2.